The fourth-order valence-electron chi connectivity index (χ4n) is 1.21. The molecule has 0 radical (unpaired) electrons. The van der Waals surface area contributed by atoms with Gasteiger partial charge in [-0.05, 0) is 27.2 Å². The van der Waals surface area contributed by atoms with Gasteiger partial charge in [-0.1, -0.05) is 0 Å². The van der Waals surface area contributed by atoms with Gasteiger partial charge in [-0.3, -0.25) is 9.59 Å². The van der Waals surface area contributed by atoms with E-state index in [1.807, 2.05) is 0 Å². The molecule has 0 bridgehead atoms. The maximum absolute atomic E-state index is 11.4. The number of amides is 1. The zero-order valence-corrected chi connectivity index (χ0v) is 10.7. The fraction of sp³-hybridized carbons (Fsp3) is 0.727. The van der Waals surface area contributed by atoms with Crippen LogP contribution in [0.25, 0.3) is 0 Å². The maximum atomic E-state index is 11.4. The predicted octanol–water partition coefficient (Wildman–Crippen LogP) is 1.22. The van der Waals surface area contributed by atoms with Crippen molar-refractivity contribution in [2.75, 3.05) is 0 Å². The van der Waals surface area contributed by atoms with E-state index in [1.54, 1.807) is 20.8 Å². The monoisotopic (exact) mass is 261 g/mol. The number of aliphatic carboxylic acids is 2. The largest absolute Gasteiger partial charge is 0.481 e. The van der Waals surface area contributed by atoms with E-state index in [0.717, 1.165) is 0 Å². The van der Waals surface area contributed by atoms with Gasteiger partial charge in [0.2, 0.25) is 0 Å². The molecule has 1 amide bonds. The number of carboxylic acid groups (broad SMARTS) is 2. The molecule has 0 aliphatic rings. The van der Waals surface area contributed by atoms with Crippen molar-refractivity contribution in [2.45, 2.75) is 51.7 Å². The Morgan fingerprint density at radius 2 is 1.72 bits per heavy atom. The number of hydrogen-bond acceptors (Lipinski definition) is 4. The highest BCUT2D eigenvalue weighted by molar-refractivity contribution is 5.72. The van der Waals surface area contributed by atoms with Crippen molar-refractivity contribution in [3.05, 3.63) is 0 Å². The molecule has 3 N–H and O–H groups in total. The summed E-state index contributed by atoms with van der Waals surface area (Å²) in [6.45, 7) is 5.03. The van der Waals surface area contributed by atoms with E-state index in [0.29, 0.717) is 0 Å². The van der Waals surface area contributed by atoms with Crippen molar-refractivity contribution in [2.24, 2.45) is 0 Å². The van der Waals surface area contributed by atoms with Crippen molar-refractivity contribution >= 4 is 18.0 Å². The standard InChI is InChI=1S/C11H19NO6/c1-11(2,3)18-10(17)12-7(6-9(15)16)4-5-8(13)14/h7H,4-6H2,1-3H3,(H,12,17)(H,13,14)(H,15,16)/t7-/m0/s1. The number of ether oxygens (including phenoxy) is 1. The summed E-state index contributed by atoms with van der Waals surface area (Å²) in [6, 6.07) is -0.756. The van der Waals surface area contributed by atoms with Crippen LogP contribution in [0.5, 0.6) is 0 Å². The van der Waals surface area contributed by atoms with E-state index < -0.39 is 29.7 Å². The number of carbonyl (C=O) groups is 3. The molecule has 0 saturated carbocycles. The van der Waals surface area contributed by atoms with Crippen molar-refractivity contribution in [1.29, 1.82) is 0 Å². The highest BCUT2D eigenvalue weighted by atomic mass is 16.6. The number of carboxylic acids is 2. The van der Waals surface area contributed by atoms with E-state index in [9.17, 15) is 14.4 Å². The average molecular weight is 261 g/mol. The van der Waals surface area contributed by atoms with Crippen LogP contribution in [0.2, 0.25) is 0 Å². The lowest BCUT2D eigenvalue weighted by Crippen LogP contribution is -2.40. The first-order valence-electron chi connectivity index (χ1n) is 5.53. The fourth-order valence-corrected chi connectivity index (χ4v) is 1.21. The molecule has 0 rings (SSSR count). The zero-order chi connectivity index (χ0) is 14.3. The average Bonchev–Trinajstić information content (AvgIpc) is 2.09. The summed E-state index contributed by atoms with van der Waals surface area (Å²) in [5.74, 6) is -2.15. The molecule has 0 fully saturated rings. The van der Waals surface area contributed by atoms with Crippen molar-refractivity contribution in [1.82, 2.24) is 5.32 Å². The summed E-state index contributed by atoms with van der Waals surface area (Å²) < 4.78 is 4.97. The lowest BCUT2D eigenvalue weighted by molar-refractivity contribution is -0.139. The first kappa shape index (κ1) is 16.2. The van der Waals surface area contributed by atoms with Crippen LogP contribution in [0.3, 0.4) is 0 Å². The van der Waals surface area contributed by atoms with E-state index in [1.165, 1.54) is 0 Å². The van der Waals surface area contributed by atoms with Gasteiger partial charge in [0.15, 0.2) is 0 Å². The Morgan fingerprint density at radius 1 is 1.17 bits per heavy atom. The molecule has 0 spiro atoms. The van der Waals surface area contributed by atoms with Crippen LogP contribution in [0.15, 0.2) is 0 Å². The molecular formula is C11H19NO6. The Bertz CT molecular complexity index is 320. The third-order valence-electron chi connectivity index (χ3n) is 1.85. The van der Waals surface area contributed by atoms with Crippen molar-refractivity contribution in [3.63, 3.8) is 0 Å². The molecule has 1 atom stereocenters. The van der Waals surface area contributed by atoms with Crippen LogP contribution in [0.1, 0.15) is 40.0 Å². The van der Waals surface area contributed by atoms with Gasteiger partial charge in [-0.15, -0.1) is 0 Å². The van der Waals surface area contributed by atoms with Crippen LogP contribution >= 0.6 is 0 Å². The Hall–Kier alpha value is -1.79. The molecule has 0 saturated heterocycles. The van der Waals surface area contributed by atoms with Gasteiger partial charge in [-0.2, -0.15) is 0 Å². The topological polar surface area (TPSA) is 113 Å². The molecule has 0 aliphatic carbocycles. The summed E-state index contributed by atoms with van der Waals surface area (Å²) in [5.41, 5.74) is -0.690. The molecule has 0 heterocycles. The SMILES string of the molecule is CC(C)(C)OC(=O)N[C@@H](CCC(=O)O)CC(=O)O. The van der Waals surface area contributed by atoms with Gasteiger partial charge < -0.3 is 20.3 Å². The van der Waals surface area contributed by atoms with Gasteiger partial charge in [0.25, 0.3) is 0 Å². The van der Waals surface area contributed by atoms with E-state index in [2.05, 4.69) is 5.32 Å². The molecule has 7 nitrogen and oxygen atoms in total. The number of rotatable bonds is 6. The smallest absolute Gasteiger partial charge is 0.407 e. The van der Waals surface area contributed by atoms with Gasteiger partial charge in [0.1, 0.15) is 5.60 Å². The van der Waals surface area contributed by atoms with Gasteiger partial charge in [0, 0.05) is 12.5 Å². The normalized spacial score (nSPS) is 12.6. The highest BCUT2D eigenvalue weighted by Gasteiger charge is 2.21. The minimum Gasteiger partial charge on any atom is -0.481 e. The van der Waals surface area contributed by atoms with Crippen molar-refractivity contribution in [3.8, 4) is 0 Å². The van der Waals surface area contributed by atoms with Gasteiger partial charge >= 0.3 is 18.0 Å². The van der Waals surface area contributed by atoms with Crippen LogP contribution in [-0.4, -0.2) is 39.9 Å². The second-order valence-corrected chi connectivity index (χ2v) is 4.87. The van der Waals surface area contributed by atoms with E-state index >= 15 is 0 Å². The van der Waals surface area contributed by atoms with Crippen LogP contribution in [0.4, 0.5) is 4.79 Å². The Morgan fingerprint density at radius 3 is 2.11 bits per heavy atom. The minimum atomic E-state index is -1.11. The molecule has 0 unspecified atom stereocenters. The van der Waals surface area contributed by atoms with E-state index in [4.69, 9.17) is 14.9 Å². The first-order chi connectivity index (χ1) is 8.10. The molecule has 0 aromatic carbocycles. The van der Waals surface area contributed by atoms with Gasteiger partial charge in [-0.25, -0.2) is 4.79 Å². The van der Waals surface area contributed by atoms with Crippen LogP contribution < -0.4 is 5.32 Å². The number of nitrogens with one attached hydrogen (secondary N) is 1. The highest BCUT2D eigenvalue weighted by Crippen LogP contribution is 2.09. The summed E-state index contributed by atoms with van der Waals surface area (Å²) in [6.07, 6.45) is -1.26. The number of hydrogen-bond donors (Lipinski definition) is 3. The molecule has 0 aliphatic heterocycles. The summed E-state index contributed by atoms with van der Waals surface area (Å²) in [5, 5.41) is 19.5. The molecular weight excluding hydrogens is 242 g/mol. The minimum absolute atomic E-state index is 0.0425. The third kappa shape index (κ3) is 9.44. The molecule has 0 aromatic heterocycles. The summed E-state index contributed by atoms with van der Waals surface area (Å²) in [7, 11) is 0. The molecule has 18 heavy (non-hydrogen) atoms. The summed E-state index contributed by atoms with van der Waals surface area (Å²) >= 11 is 0. The Labute approximate surface area is 105 Å². The quantitative estimate of drug-likeness (QED) is 0.662. The maximum Gasteiger partial charge on any atom is 0.407 e. The molecule has 7 heteroatoms. The van der Waals surface area contributed by atoms with Crippen LogP contribution in [-0.2, 0) is 14.3 Å². The second kappa shape index (κ2) is 6.83. The lowest BCUT2D eigenvalue weighted by atomic mass is 10.1. The molecule has 0 aromatic rings. The van der Waals surface area contributed by atoms with E-state index in [-0.39, 0.29) is 19.3 Å². The third-order valence-corrected chi connectivity index (χ3v) is 1.85. The van der Waals surface area contributed by atoms with Crippen LogP contribution in [0, 0.1) is 0 Å². The molecule has 104 valence electrons. The second-order valence-electron chi connectivity index (χ2n) is 4.87. The van der Waals surface area contributed by atoms with Crippen molar-refractivity contribution < 1.29 is 29.3 Å². The number of alkyl carbamates (subject to hydrolysis) is 1. The Balaban J connectivity index is 4.34. The zero-order valence-electron chi connectivity index (χ0n) is 10.7. The summed E-state index contributed by atoms with van der Waals surface area (Å²) in [4.78, 5) is 32.4. The number of carbonyl (C=O) groups excluding carboxylic acids is 1. The predicted molar refractivity (Wildman–Crippen MR) is 62.3 cm³/mol. The van der Waals surface area contributed by atoms with Gasteiger partial charge in [0.05, 0.1) is 6.42 Å². The first-order valence-corrected chi connectivity index (χ1v) is 5.53. The Kier molecular flexibility index (Phi) is 6.15. The lowest BCUT2D eigenvalue weighted by Gasteiger charge is -2.22.